The van der Waals surface area contributed by atoms with Crippen LogP contribution in [0.5, 0.6) is 0 Å². The Morgan fingerprint density at radius 1 is 1.24 bits per heavy atom. The molecular formula is C15H15FN4O. The van der Waals surface area contributed by atoms with E-state index < -0.39 is 0 Å². The van der Waals surface area contributed by atoms with Gasteiger partial charge in [0.2, 0.25) is 0 Å². The first kappa shape index (κ1) is 12.5. The molecule has 1 aliphatic rings. The SMILES string of the molecule is Fc1cccc2c(-n3cccn3)nn(C3CCCCO3)c12. The van der Waals surface area contributed by atoms with Crippen molar-refractivity contribution in [2.45, 2.75) is 25.5 Å². The van der Waals surface area contributed by atoms with Crippen molar-refractivity contribution in [2.75, 3.05) is 6.61 Å². The Bertz CT molecular complexity index is 759. The van der Waals surface area contributed by atoms with Crippen LogP contribution in [-0.2, 0) is 4.74 Å². The third kappa shape index (κ3) is 2.03. The van der Waals surface area contributed by atoms with Crippen molar-refractivity contribution in [1.29, 1.82) is 0 Å². The highest BCUT2D eigenvalue weighted by Gasteiger charge is 2.23. The third-order valence-electron chi connectivity index (χ3n) is 3.81. The van der Waals surface area contributed by atoms with Gasteiger partial charge in [-0.25, -0.2) is 13.8 Å². The quantitative estimate of drug-likeness (QED) is 0.727. The highest BCUT2D eigenvalue weighted by atomic mass is 19.1. The lowest BCUT2D eigenvalue weighted by atomic mass is 10.2. The van der Waals surface area contributed by atoms with Crippen LogP contribution in [0.25, 0.3) is 16.7 Å². The van der Waals surface area contributed by atoms with Gasteiger partial charge in [-0.1, -0.05) is 6.07 Å². The Hall–Kier alpha value is -2.21. The van der Waals surface area contributed by atoms with Crippen LogP contribution in [0.2, 0.25) is 0 Å². The number of benzene rings is 1. The average Bonchev–Trinajstić information content (AvgIpc) is 3.16. The predicted molar refractivity (Wildman–Crippen MR) is 75.7 cm³/mol. The van der Waals surface area contributed by atoms with Crippen LogP contribution in [0.4, 0.5) is 4.39 Å². The first-order valence-corrected chi connectivity index (χ1v) is 7.13. The summed E-state index contributed by atoms with van der Waals surface area (Å²) < 4.78 is 23.4. The van der Waals surface area contributed by atoms with E-state index in [9.17, 15) is 4.39 Å². The standard InChI is InChI=1S/C15H15FN4O/c16-12-6-3-5-11-14(12)20(13-7-1-2-10-21-13)18-15(11)19-9-4-8-17-19/h3-6,8-9,13H,1-2,7,10H2. The summed E-state index contributed by atoms with van der Waals surface area (Å²) in [6.45, 7) is 0.692. The molecule has 1 saturated heterocycles. The zero-order valence-electron chi connectivity index (χ0n) is 11.4. The first-order valence-electron chi connectivity index (χ1n) is 7.13. The van der Waals surface area contributed by atoms with E-state index in [1.165, 1.54) is 6.07 Å². The second-order valence-corrected chi connectivity index (χ2v) is 5.18. The molecule has 1 fully saturated rings. The molecule has 0 amide bonds. The minimum absolute atomic E-state index is 0.206. The Morgan fingerprint density at radius 2 is 2.19 bits per heavy atom. The molecule has 3 aromatic rings. The lowest BCUT2D eigenvalue weighted by molar-refractivity contribution is -0.0369. The minimum Gasteiger partial charge on any atom is -0.356 e. The lowest BCUT2D eigenvalue weighted by Gasteiger charge is -2.23. The molecule has 5 nitrogen and oxygen atoms in total. The van der Waals surface area contributed by atoms with E-state index in [0.717, 1.165) is 24.6 Å². The van der Waals surface area contributed by atoms with Crippen molar-refractivity contribution < 1.29 is 9.13 Å². The largest absolute Gasteiger partial charge is 0.356 e. The van der Waals surface area contributed by atoms with Gasteiger partial charge in [0.1, 0.15) is 11.3 Å². The van der Waals surface area contributed by atoms with Gasteiger partial charge in [-0.15, -0.1) is 5.10 Å². The molecule has 0 N–H and O–H groups in total. The van der Waals surface area contributed by atoms with Crippen LogP contribution in [0.1, 0.15) is 25.5 Å². The molecule has 0 spiro atoms. The maximum Gasteiger partial charge on any atom is 0.183 e. The fraction of sp³-hybridized carbons (Fsp3) is 0.333. The Kier molecular flexibility index (Phi) is 2.96. The molecule has 1 atom stereocenters. The topological polar surface area (TPSA) is 44.9 Å². The summed E-state index contributed by atoms with van der Waals surface area (Å²) in [5, 5.41) is 9.51. The fourth-order valence-corrected chi connectivity index (χ4v) is 2.82. The number of hydrogen-bond donors (Lipinski definition) is 0. The van der Waals surface area contributed by atoms with Gasteiger partial charge in [-0.3, -0.25) is 0 Å². The Morgan fingerprint density at radius 3 is 2.95 bits per heavy atom. The van der Waals surface area contributed by atoms with Crippen LogP contribution >= 0.6 is 0 Å². The van der Waals surface area contributed by atoms with E-state index in [4.69, 9.17) is 4.74 Å². The molecule has 0 radical (unpaired) electrons. The molecule has 0 saturated carbocycles. The monoisotopic (exact) mass is 286 g/mol. The molecule has 1 aromatic carbocycles. The van der Waals surface area contributed by atoms with E-state index in [1.807, 2.05) is 12.1 Å². The van der Waals surface area contributed by atoms with Crippen LogP contribution in [0.3, 0.4) is 0 Å². The van der Waals surface area contributed by atoms with E-state index in [-0.39, 0.29) is 12.0 Å². The fourth-order valence-electron chi connectivity index (χ4n) is 2.82. The summed E-state index contributed by atoms with van der Waals surface area (Å²) in [4.78, 5) is 0. The van der Waals surface area contributed by atoms with Crippen LogP contribution in [-0.4, -0.2) is 26.2 Å². The van der Waals surface area contributed by atoms with Crippen molar-refractivity contribution in [3.8, 4) is 5.82 Å². The molecule has 3 heterocycles. The van der Waals surface area contributed by atoms with Gasteiger partial charge < -0.3 is 4.74 Å². The molecule has 2 aromatic heterocycles. The minimum atomic E-state index is -0.285. The number of ether oxygens (including phenoxy) is 1. The molecule has 4 rings (SSSR count). The Labute approximate surface area is 120 Å². The van der Waals surface area contributed by atoms with Crippen molar-refractivity contribution in [2.24, 2.45) is 0 Å². The summed E-state index contributed by atoms with van der Waals surface area (Å²) in [7, 11) is 0. The zero-order valence-corrected chi connectivity index (χ0v) is 11.4. The number of rotatable bonds is 2. The highest BCUT2D eigenvalue weighted by Crippen LogP contribution is 2.30. The number of hydrogen-bond acceptors (Lipinski definition) is 3. The molecule has 6 heteroatoms. The number of halogens is 1. The van der Waals surface area contributed by atoms with Crippen molar-refractivity contribution in [1.82, 2.24) is 19.6 Å². The first-order chi connectivity index (χ1) is 10.3. The lowest BCUT2D eigenvalue weighted by Crippen LogP contribution is -2.19. The van der Waals surface area contributed by atoms with Gasteiger partial charge in [0.15, 0.2) is 12.0 Å². The molecule has 108 valence electrons. The van der Waals surface area contributed by atoms with E-state index in [2.05, 4.69) is 10.2 Å². The van der Waals surface area contributed by atoms with Gasteiger partial charge in [-0.2, -0.15) is 5.10 Å². The van der Waals surface area contributed by atoms with Crippen LogP contribution < -0.4 is 0 Å². The molecule has 21 heavy (non-hydrogen) atoms. The summed E-state index contributed by atoms with van der Waals surface area (Å²) in [6.07, 6.45) is 6.24. The molecule has 0 aliphatic carbocycles. The third-order valence-corrected chi connectivity index (χ3v) is 3.81. The maximum atomic E-state index is 14.3. The summed E-state index contributed by atoms with van der Waals surface area (Å²) in [6, 6.07) is 6.83. The number of para-hydroxylation sites is 1. The number of fused-ring (bicyclic) bond motifs is 1. The smallest absolute Gasteiger partial charge is 0.183 e. The van der Waals surface area contributed by atoms with Gasteiger partial charge in [0.05, 0.1) is 0 Å². The van der Waals surface area contributed by atoms with Crippen LogP contribution in [0, 0.1) is 5.82 Å². The summed E-state index contributed by atoms with van der Waals surface area (Å²) in [5.74, 6) is 0.344. The second kappa shape index (κ2) is 4.96. The maximum absolute atomic E-state index is 14.3. The second-order valence-electron chi connectivity index (χ2n) is 5.18. The predicted octanol–water partition coefficient (Wildman–Crippen LogP) is 3.06. The van der Waals surface area contributed by atoms with E-state index in [0.29, 0.717) is 17.9 Å². The van der Waals surface area contributed by atoms with Gasteiger partial charge in [0.25, 0.3) is 0 Å². The van der Waals surface area contributed by atoms with Crippen LogP contribution in [0.15, 0.2) is 36.7 Å². The van der Waals surface area contributed by atoms with Crippen molar-refractivity contribution in [3.05, 3.63) is 42.5 Å². The van der Waals surface area contributed by atoms with Crippen molar-refractivity contribution >= 4 is 10.9 Å². The molecular weight excluding hydrogens is 271 g/mol. The summed E-state index contributed by atoms with van der Waals surface area (Å²) >= 11 is 0. The molecule has 1 unspecified atom stereocenters. The van der Waals surface area contributed by atoms with E-state index >= 15 is 0 Å². The highest BCUT2D eigenvalue weighted by molar-refractivity contribution is 5.87. The normalized spacial score (nSPS) is 19.2. The van der Waals surface area contributed by atoms with Gasteiger partial charge in [0, 0.05) is 24.4 Å². The molecule has 1 aliphatic heterocycles. The number of aromatic nitrogens is 4. The average molecular weight is 286 g/mol. The Balaban J connectivity index is 1.94. The van der Waals surface area contributed by atoms with Gasteiger partial charge >= 0.3 is 0 Å². The number of nitrogens with zero attached hydrogens (tertiary/aromatic N) is 4. The summed E-state index contributed by atoms with van der Waals surface area (Å²) in [5.41, 5.74) is 0.481. The molecule has 0 bridgehead atoms. The van der Waals surface area contributed by atoms with Gasteiger partial charge in [-0.05, 0) is 37.5 Å². The van der Waals surface area contributed by atoms with Crippen molar-refractivity contribution in [3.63, 3.8) is 0 Å². The zero-order chi connectivity index (χ0) is 14.2. The van der Waals surface area contributed by atoms with E-state index in [1.54, 1.807) is 27.8 Å².